The number of nitrogens with one attached hydrogen (secondary N) is 1. The number of carbonyl (C=O) groups is 1. The van der Waals surface area contributed by atoms with Gasteiger partial charge in [-0.3, -0.25) is 4.79 Å². The summed E-state index contributed by atoms with van der Waals surface area (Å²) in [5.41, 5.74) is 1.58. The number of rotatable bonds is 9. The van der Waals surface area contributed by atoms with Crippen LogP contribution in [0.5, 0.6) is 6.01 Å². The lowest BCUT2D eigenvalue weighted by molar-refractivity contribution is 0.102. The van der Waals surface area contributed by atoms with Gasteiger partial charge in [-0.05, 0) is 60.8 Å². The van der Waals surface area contributed by atoms with Crippen LogP contribution in [0.2, 0.25) is 0 Å². The molecule has 4 aromatic rings. The Hall–Kier alpha value is -3.56. The van der Waals surface area contributed by atoms with E-state index in [9.17, 15) is 9.18 Å². The maximum Gasteiger partial charge on any atom is 0.336 e. The van der Waals surface area contributed by atoms with Crippen LogP contribution >= 0.6 is 11.3 Å². The molecule has 1 N–H and O–H groups in total. The Morgan fingerprint density at radius 2 is 1.97 bits per heavy atom. The molecule has 32 heavy (non-hydrogen) atoms. The monoisotopic (exact) mass is 452 g/mol. The lowest BCUT2D eigenvalue weighted by Crippen LogP contribution is -2.12. The molecule has 0 aliphatic carbocycles. The molecule has 0 atom stereocenters. The number of anilines is 1. The SMILES string of the molecule is CCOCCOc1nc(-c2cccs2)n(-c2ccc(NC(=O)c3cccc(F)c3)cc2)n1. The number of hydrogen-bond donors (Lipinski definition) is 1. The number of benzene rings is 2. The normalized spacial score (nSPS) is 10.8. The maximum atomic E-state index is 13.4. The number of ether oxygens (including phenoxy) is 2. The van der Waals surface area contributed by atoms with Gasteiger partial charge in [0.25, 0.3) is 5.91 Å². The number of hydrogen-bond acceptors (Lipinski definition) is 6. The molecule has 0 fully saturated rings. The maximum absolute atomic E-state index is 13.4. The van der Waals surface area contributed by atoms with Crippen molar-refractivity contribution in [3.05, 3.63) is 77.4 Å². The number of thiophene rings is 1. The molecule has 0 spiro atoms. The summed E-state index contributed by atoms with van der Waals surface area (Å²) in [6.07, 6.45) is 0. The zero-order chi connectivity index (χ0) is 22.3. The van der Waals surface area contributed by atoms with Gasteiger partial charge >= 0.3 is 6.01 Å². The van der Waals surface area contributed by atoms with E-state index in [4.69, 9.17) is 9.47 Å². The van der Waals surface area contributed by atoms with Crippen LogP contribution in [0.1, 0.15) is 17.3 Å². The Kier molecular flexibility index (Phi) is 6.88. The van der Waals surface area contributed by atoms with Crippen molar-refractivity contribution in [3.8, 4) is 22.4 Å². The van der Waals surface area contributed by atoms with Gasteiger partial charge in [-0.25, -0.2) is 9.07 Å². The molecule has 4 rings (SSSR count). The van der Waals surface area contributed by atoms with Crippen molar-refractivity contribution in [1.82, 2.24) is 14.8 Å². The van der Waals surface area contributed by atoms with Gasteiger partial charge in [0.2, 0.25) is 0 Å². The van der Waals surface area contributed by atoms with E-state index in [-0.39, 0.29) is 17.5 Å². The van der Waals surface area contributed by atoms with Crippen LogP contribution < -0.4 is 10.1 Å². The van der Waals surface area contributed by atoms with Crippen molar-refractivity contribution in [3.63, 3.8) is 0 Å². The first-order valence-electron chi connectivity index (χ1n) is 10.0. The number of carbonyl (C=O) groups excluding carboxylic acids is 1. The Morgan fingerprint density at radius 1 is 1.12 bits per heavy atom. The van der Waals surface area contributed by atoms with Gasteiger partial charge in [0.1, 0.15) is 12.4 Å². The van der Waals surface area contributed by atoms with E-state index >= 15 is 0 Å². The lowest BCUT2D eigenvalue weighted by atomic mass is 10.2. The fourth-order valence-corrected chi connectivity index (χ4v) is 3.65. The van der Waals surface area contributed by atoms with Gasteiger partial charge in [-0.15, -0.1) is 16.4 Å². The molecule has 9 heteroatoms. The molecule has 164 valence electrons. The van der Waals surface area contributed by atoms with Crippen molar-refractivity contribution >= 4 is 22.9 Å². The van der Waals surface area contributed by atoms with E-state index in [1.807, 2.05) is 36.6 Å². The van der Waals surface area contributed by atoms with Crippen molar-refractivity contribution in [1.29, 1.82) is 0 Å². The quantitative estimate of drug-likeness (QED) is 0.369. The van der Waals surface area contributed by atoms with Crippen LogP contribution in [0.4, 0.5) is 10.1 Å². The van der Waals surface area contributed by atoms with Crippen LogP contribution in [0.3, 0.4) is 0 Å². The Labute approximate surface area is 188 Å². The van der Waals surface area contributed by atoms with Crippen LogP contribution in [-0.2, 0) is 4.74 Å². The Bertz CT molecular complexity index is 1180. The van der Waals surface area contributed by atoms with Crippen molar-refractivity contribution < 1.29 is 18.7 Å². The molecular weight excluding hydrogens is 431 g/mol. The predicted octanol–water partition coefficient (Wildman–Crippen LogP) is 4.80. The second kappa shape index (κ2) is 10.2. The zero-order valence-electron chi connectivity index (χ0n) is 17.3. The van der Waals surface area contributed by atoms with E-state index < -0.39 is 5.82 Å². The van der Waals surface area contributed by atoms with E-state index in [1.165, 1.54) is 18.2 Å². The molecule has 0 unspecified atom stereocenters. The fourth-order valence-electron chi connectivity index (χ4n) is 2.95. The molecule has 0 radical (unpaired) electrons. The van der Waals surface area contributed by atoms with Crippen LogP contribution in [0.15, 0.2) is 66.0 Å². The molecule has 7 nitrogen and oxygen atoms in total. The number of amides is 1. The number of halogens is 1. The molecule has 1 amide bonds. The largest absolute Gasteiger partial charge is 0.460 e. The summed E-state index contributed by atoms with van der Waals surface area (Å²) in [6, 6.07) is 16.8. The summed E-state index contributed by atoms with van der Waals surface area (Å²) in [5.74, 6) is -0.190. The molecule has 0 bridgehead atoms. The van der Waals surface area contributed by atoms with Gasteiger partial charge in [-0.2, -0.15) is 4.98 Å². The average Bonchev–Trinajstić information content (AvgIpc) is 3.47. The average molecular weight is 453 g/mol. The highest BCUT2D eigenvalue weighted by atomic mass is 32.1. The number of aromatic nitrogens is 3. The van der Waals surface area contributed by atoms with E-state index in [0.717, 1.165) is 10.6 Å². The third-order valence-electron chi connectivity index (χ3n) is 4.45. The first kappa shape index (κ1) is 21.7. The first-order valence-corrected chi connectivity index (χ1v) is 10.9. The highest BCUT2D eigenvalue weighted by Gasteiger charge is 2.16. The molecule has 0 saturated heterocycles. The predicted molar refractivity (Wildman–Crippen MR) is 121 cm³/mol. The van der Waals surface area contributed by atoms with Gasteiger partial charge in [0.05, 0.1) is 17.2 Å². The van der Waals surface area contributed by atoms with Crippen LogP contribution in [0.25, 0.3) is 16.4 Å². The van der Waals surface area contributed by atoms with Crippen molar-refractivity contribution in [2.24, 2.45) is 0 Å². The zero-order valence-corrected chi connectivity index (χ0v) is 18.1. The Morgan fingerprint density at radius 3 is 2.69 bits per heavy atom. The summed E-state index contributed by atoms with van der Waals surface area (Å²) in [7, 11) is 0. The molecule has 2 aromatic heterocycles. The summed E-state index contributed by atoms with van der Waals surface area (Å²) in [6.45, 7) is 3.35. The van der Waals surface area contributed by atoms with Crippen molar-refractivity contribution in [2.45, 2.75) is 6.92 Å². The fraction of sp³-hybridized carbons (Fsp3) is 0.174. The summed E-state index contributed by atoms with van der Waals surface area (Å²) in [5, 5.41) is 9.22. The minimum atomic E-state index is -0.459. The third-order valence-corrected chi connectivity index (χ3v) is 5.31. The van der Waals surface area contributed by atoms with Crippen LogP contribution in [0, 0.1) is 5.82 Å². The first-order chi connectivity index (χ1) is 15.6. The molecule has 0 aliphatic rings. The minimum absolute atomic E-state index is 0.249. The second-order valence-corrected chi connectivity index (χ2v) is 7.61. The number of nitrogens with zero attached hydrogens (tertiary/aromatic N) is 3. The van der Waals surface area contributed by atoms with E-state index in [0.29, 0.717) is 31.3 Å². The summed E-state index contributed by atoms with van der Waals surface area (Å²) < 4.78 is 26.0. The van der Waals surface area contributed by atoms with Gasteiger partial charge in [0, 0.05) is 17.9 Å². The molecule has 0 saturated carbocycles. The van der Waals surface area contributed by atoms with Gasteiger partial charge < -0.3 is 14.8 Å². The molecule has 2 aromatic carbocycles. The molecule has 0 aliphatic heterocycles. The van der Waals surface area contributed by atoms with Crippen LogP contribution in [-0.4, -0.2) is 40.5 Å². The lowest BCUT2D eigenvalue weighted by Gasteiger charge is -2.08. The third kappa shape index (κ3) is 5.19. The molecule has 2 heterocycles. The van der Waals surface area contributed by atoms with Crippen molar-refractivity contribution in [2.75, 3.05) is 25.1 Å². The van der Waals surface area contributed by atoms with E-state index in [2.05, 4.69) is 15.4 Å². The van der Waals surface area contributed by atoms with Gasteiger partial charge in [0.15, 0.2) is 5.82 Å². The minimum Gasteiger partial charge on any atom is -0.460 e. The Balaban J connectivity index is 1.53. The summed E-state index contributed by atoms with van der Waals surface area (Å²) in [4.78, 5) is 17.8. The topological polar surface area (TPSA) is 78.3 Å². The smallest absolute Gasteiger partial charge is 0.336 e. The highest BCUT2D eigenvalue weighted by molar-refractivity contribution is 7.13. The van der Waals surface area contributed by atoms with Gasteiger partial charge in [-0.1, -0.05) is 12.1 Å². The standard InChI is InChI=1S/C23H21FN4O3S/c1-2-30-12-13-31-23-26-21(20-7-4-14-32-20)28(27-23)19-10-8-18(9-11-19)25-22(29)16-5-3-6-17(24)15-16/h3-11,14-15H,2,12-13H2,1H3,(H,25,29). The molecular formula is C23H21FN4O3S. The second-order valence-electron chi connectivity index (χ2n) is 6.66. The highest BCUT2D eigenvalue weighted by Crippen LogP contribution is 2.27. The summed E-state index contributed by atoms with van der Waals surface area (Å²) >= 11 is 1.55. The van der Waals surface area contributed by atoms with E-state index in [1.54, 1.807) is 34.2 Å².